The number of ether oxygens (including phenoxy) is 2. The molecular weight excluding hydrogens is 120 g/mol. The molecule has 0 aliphatic carbocycles. The SMILES string of the molecule is COC(C=O)OC.[H-].[H-].[Mg+2]. The van der Waals surface area contributed by atoms with Crippen molar-refractivity contribution in [3.05, 3.63) is 0 Å². The Kier molecular flexibility index (Phi) is 10.3. The normalized spacial score (nSPS) is 8.38. The first kappa shape index (κ1) is 11.2. The second kappa shape index (κ2) is 7.36. The number of carbonyl (C=O) groups is 1. The third-order valence-corrected chi connectivity index (χ3v) is 0.576. The van der Waals surface area contributed by atoms with Gasteiger partial charge in [-0.15, -0.1) is 0 Å². The van der Waals surface area contributed by atoms with E-state index in [1.54, 1.807) is 0 Å². The van der Waals surface area contributed by atoms with Gasteiger partial charge in [-0.3, -0.25) is 4.79 Å². The molecule has 0 bridgehead atoms. The van der Waals surface area contributed by atoms with E-state index < -0.39 is 6.29 Å². The van der Waals surface area contributed by atoms with Crippen LogP contribution in [-0.2, 0) is 14.3 Å². The molecule has 0 fully saturated rings. The van der Waals surface area contributed by atoms with E-state index in [2.05, 4.69) is 9.47 Å². The fraction of sp³-hybridized carbons (Fsp3) is 0.750. The fourth-order valence-corrected chi connectivity index (χ4v) is 0.207. The molecule has 4 heteroatoms. The Morgan fingerprint density at radius 2 is 1.88 bits per heavy atom. The topological polar surface area (TPSA) is 35.5 Å². The second-order valence-electron chi connectivity index (χ2n) is 0.976. The molecule has 0 saturated heterocycles. The molecule has 0 spiro atoms. The number of aldehydes is 1. The van der Waals surface area contributed by atoms with Crippen molar-refractivity contribution in [3.63, 3.8) is 0 Å². The Hall–Kier alpha value is 0.356. The van der Waals surface area contributed by atoms with E-state index in [0.717, 1.165) is 0 Å². The van der Waals surface area contributed by atoms with E-state index >= 15 is 0 Å². The third-order valence-electron chi connectivity index (χ3n) is 0.576. The number of hydrogen-bond acceptors (Lipinski definition) is 3. The molecule has 0 rings (SSSR count). The van der Waals surface area contributed by atoms with Gasteiger partial charge in [-0.05, 0) is 0 Å². The molecule has 0 aliphatic rings. The fourth-order valence-electron chi connectivity index (χ4n) is 0.207. The number of carbonyl (C=O) groups excluding carboxylic acids is 1. The summed E-state index contributed by atoms with van der Waals surface area (Å²) in [4.78, 5) is 9.72. The zero-order chi connectivity index (χ0) is 5.70. The Morgan fingerprint density at radius 1 is 1.50 bits per heavy atom. The molecule has 0 aromatic carbocycles. The van der Waals surface area contributed by atoms with Crippen molar-refractivity contribution in [3.8, 4) is 0 Å². The van der Waals surface area contributed by atoms with Crippen LogP contribution in [-0.4, -0.2) is 49.8 Å². The predicted octanol–water partition coefficient (Wildman–Crippen LogP) is -0.352. The molecule has 0 aliphatic heterocycles. The maximum absolute atomic E-state index is 9.72. The standard InChI is InChI=1S/C4H8O3.Mg.2H/c1-6-4(3-5)7-2;;;/h3-4H,1-2H3;;;/q;+2;2*-1. The summed E-state index contributed by atoms with van der Waals surface area (Å²) in [5.41, 5.74) is 0. The van der Waals surface area contributed by atoms with Gasteiger partial charge in [-0.1, -0.05) is 0 Å². The molecule has 0 atom stereocenters. The van der Waals surface area contributed by atoms with Gasteiger partial charge in [0, 0.05) is 14.2 Å². The molecule has 0 radical (unpaired) electrons. The van der Waals surface area contributed by atoms with Gasteiger partial charge < -0.3 is 12.3 Å². The Balaban J connectivity index is -0.0000000600. The zero-order valence-electron chi connectivity index (χ0n) is 7.09. The molecule has 0 aromatic heterocycles. The molecule has 46 valence electrons. The van der Waals surface area contributed by atoms with Crippen molar-refractivity contribution < 1.29 is 17.1 Å². The minimum atomic E-state index is -0.694. The molecule has 8 heavy (non-hydrogen) atoms. The summed E-state index contributed by atoms with van der Waals surface area (Å²) in [5, 5.41) is 0. The van der Waals surface area contributed by atoms with Crippen molar-refractivity contribution in [1.82, 2.24) is 0 Å². The van der Waals surface area contributed by atoms with Crippen molar-refractivity contribution in [2.24, 2.45) is 0 Å². The Bertz CT molecular complexity index is 60.5. The van der Waals surface area contributed by atoms with Gasteiger partial charge in [-0.2, -0.15) is 0 Å². The Morgan fingerprint density at radius 3 is 1.88 bits per heavy atom. The third kappa shape index (κ3) is 4.51. The van der Waals surface area contributed by atoms with Crippen LogP contribution in [0.2, 0.25) is 0 Å². The molecule has 0 amide bonds. The quantitative estimate of drug-likeness (QED) is 0.298. The summed E-state index contributed by atoms with van der Waals surface area (Å²) in [6.07, 6.45) is -0.111. The first-order valence-electron chi connectivity index (χ1n) is 1.86. The summed E-state index contributed by atoms with van der Waals surface area (Å²) < 4.78 is 8.92. The van der Waals surface area contributed by atoms with E-state index in [-0.39, 0.29) is 25.9 Å². The van der Waals surface area contributed by atoms with Gasteiger partial charge in [0.15, 0.2) is 6.29 Å². The van der Waals surface area contributed by atoms with E-state index in [1.165, 1.54) is 14.2 Å². The van der Waals surface area contributed by atoms with Crippen LogP contribution in [0.15, 0.2) is 0 Å². The summed E-state index contributed by atoms with van der Waals surface area (Å²) in [6.45, 7) is 0. The van der Waals surface area contributed by atoms with E-state index in [9.17, 15) is 4.79 Å². The molecule has 0 heterocycles. The minimum Gasteiger partial charge on any atom is -1.00 e. The zero-order valence-corrected chi connectivity index (χ0v) is 6.50. The van der Waals surface area contributed by atoms with Crippen LogP contribution >= 0.6 is 0 Å². The van der Waals surface area contributed by atoms with Gasteiger partial charge in [0.2, 0.25) is 6.29 Å². The monoisotopic (exact) mass is 130 g/mol. The van der Waals surface area contributed by atoms with Crippen molar-refractivity contribution in [2.75, 3.05) is 14.2 Å². The van der Waals surface area contributed by atoms with Crippen LogP contribution in [0.5, 0.6) is 0 Å². The molecule has 0 saturated carbocycles. The molecule has 0 N–H and O–H groups in total. The van der Waals surface area contributed by atoms with Gasteiger partial charge in [-0.25, -0.2) is 0 Å². The number of hydrogen-bond donors (Lipinski definition) is 0. The summed E-state index contributed by atoms with van der Waals surface area (Å²) >= 11 is 0. The molecule has 0 unspecified atom stereocenters. The van der Waals surface area contributed by atoms with Gasteiger partial charge in [0.25, 0.3) is 0 Å². The average molecular weight is 130 g/mol. The van der Waals surface area contributed by atoms with Gasteiger partial charge >= 0.3 is 23.1 Å². The molecule has 3 nitrogen and oxygen atoms in total. The van der Waals surface area contributed by atoms with Crippen LogP contribution in [0.25, 0.3) is 0 Å². The first-order valence-corrected chi connectivity index (χ1v) is 1.86. The second-order valence-corrected chi connectivity index (χ2v) is 0.976. The van der Waals surface area contributed by atoms with Crippen molar-refractivity contribution in [1.29, 1.82) is 0 Å². The maximum Gasteiger partial charge on any atom is 2.00 e. The summed E-state index contributed by atoms with van der Waals surface area (Å²) in [5.74, 6) is 0. The summed E-state index contributed by atoms with van der Waals surface area (Å²) in [6, 6.07) is 0. The van der Waals surface area contributed by atoms with Crippen molar-refractivity contribution >= 4 is 29.3 Å². The largest absolute Gasteiger partial charge is 2.00 e. The number of rotatable bonds is 3. The average Bonchev–Trinajstić information content (AvgIpc) is 1.72. The Labute approximate surface area is 67.5 Å². The minimum absolute atomic E-state index is 0. The van der Waals surface area contributed by atoms with Gasteiger partial charge in [0.1, 0.15) is 0 Å². The van der Waals surface area contributed by atoms with Crippen LogP contribution in [0.1, 0.15) is 2.85 Å². The van der Waals surface area contributed by atoms with E-state index in [1.807, 2.05) is 0 Å². The van der Waals surface area contributed by atoms with Gasteiger partial charge in [0.05, 0.1) is 0 Å². The summed E-state index contributed by atoms with van der Waals surface area (Å²) in [7, 11) is 2.81. The molecule has 0 aromatic rings. The van der Waals surface area contributed by atoms with Crippen molar-refractivity contribution in [2.45, 2.75) is 6.29 Å². The van der Waals surface area contributed by atoms with Crippen LogP contribution in [0, 0.1) is 0 Å². The van der Waals surface area contributed by atoms with Crippen LogP contribution in [0.3, 0.4) is 0 Å². The first-order chi connectivity index (χ1) is 3.35. The van der Waals surface area contributed by atoms with Crippen LogP contribution in [0.4, 0.5) is 0 Å². The molecular formula is C4H10MgO3. The van der Waals surface area contributed by atoms with Crippen LogP contribution < -0.4 is 0 Å². The van der Waals surface area contributed by atoms with E-state index in [0.29, 0.717) is 6.29 Å². The predicted molar refractivity (Wildman–Crippen MR) is 31.8 cm³/mol. The number of methoxy groups -OCH3 is 2. The smallest absolute Gasteiger partial charge is 1.00 e. The maximum atomic E-state index is 9.72. The van der Waals surface area contributed by atoms with E-state index in [4.69, 9.17) is 0 Å².